The molecule has 0 saturated carbocycles. The van der Waals surface area contributed by atoms with Crippen LogP contribution in [0, 0.1) is 0 Å². The Morgan fingerprint density at radius 2 is 0.430 bits per heavy atom. The van der Waals surface area contributed by atoms with E-state index in [4.69, 9.17) is 0 Å². The lowest BCUT2D eigenvalue weighted by Crippen LogP contribution is -2.18. The molecule has 450 valence electrons. The molecule has 5 aliphatic rings. The fourth-order valence-corrected chi connectivity index (χ4v) is 16.9. The van der Waals surface area contributed by atoms with E-state index in [2.05, 4.69) is 332 Å². The van der Waals surface area contributed by atoms with Crippen LogP contribution < -0.4 is 9.80 Å². The number of benzene rings is 10. The fraction of sp³-hybridized carbons (Fsp3) is 0.169. The molecular weight excluding hydrogens is 1130 g/mol. The van der Waals surface area contributed by atoms with E-state index in [9.17, 15) is 0 Å². The fourth-order valence-electron chi connectivity index (χ4n) is 16.9. The monoisotopic (exact) mass is 1200 g/mol. The highest BCUT2D eigenvalue weighted by atomic mass is 15.1. The van der Waals surface area contributed by atoms with Gasteiger partial charge in [-0.1, -0.05) is 239 Å². The van der Waals surface area contributed by atoms with Crippen molar-refractivity contribution in [3.63, 3.8) is 0 Å². The van der Waals surface area contributed by atoms with Gasteiger partial charge in [0, 0.05) is 86.0 Å². The van der Waals surface area contributed by atoms with Gasteiger partial charge < -0.3 is 9.80 Å². The Balaban J connectivity index is 0.609. The van der Waals surface area contributed by atoms with Crippen molar-refractivity contribution in [2.75, 3.05) is 9.80 Å². The summed E-state index contributed by atoms with van der Waals surface area (Å²) < 4.78 is 0. The summed E-state index contributed by atoms with van der Waals surface area (Å²) in [6.07, 6.45) is 16.8. The third-order valence-corrected chi connectivity index (χ3v) is 22.0. The maximum absolute atomic E-state index is 4.42. The SMILES string of the molecule is CC1(C)c2cc(C=Cc3ccc4c(c3)C(C)(C)c3cc(N(c5ccncc5)c5ccc6c(c5)C(C)(C)c5ccccc5-6)ccc3-4)ccc2-c2ccc(C=Cc3ccc4c(c3)C(C)(C)c3cc(N(c5ccncc5)c5ccc6c(c5)C(C)(C)c5ccccc5-6)ccc3-4)cc21. The lowest BCUT2D eigenvalue weighted by Gasteiger charge is -2.29. The molecule has 0 atom stereocenters. The number of rotatable bonds is 10. The molecule has 2 heterocycles. The molecule has 2 aromatic heterocycles. The van der Waals surface area contributed by atoms with Gasteiger partial charge in [0.15, 0.2) is 0 Å². The molecule has 0 N–H and O–H groups in total. The van der Waals surface area contributed by atoms with Crippen LogP contribution in [0.3, 0.4) is 0 Å². The highest BCUT2D eigenvalue weighted by Gasteiger charge is 2.41. The zero-order valence-electron chi connectivity index (χ0n) is 54.7. The van der Waals surface area contributed by atoms with E-state index in [0.717, 1.165) is 34.1 Å². The van der Waals surface area contributed by atoms with Crippen LogP contribution >= 0.6 is 0 Å². The summed E-state index contributed by atoms with van der Waals surface area (Å²) in [6, 6.07) is 82.6. The molecule has 0 bridgehead atoms. The summed E-state index contributed by atoms with van der Waals surface area (Å²) in [5.74, 6) is 0. The van der Waals surface area contributed by atoms with E-state index in [1.54, 1.807) is 0 Å². The van der Waals surface area contributed by atoms with Gasteiger partial charge in [0.2, 0.25) is 0 Å². The summed E-state index contributed by atoms with van der Waals surface area (Å²) in [5, 5.41) is 0. The Kier molecular flexibility index (Phi) is 12.3. The molecule has 93 heavy (non-hydrogen) atoms. The van der Waals surface area contributed by atoms with Crippen LogP contribution in [-0.4, -0.2) is 9.97 Å². The number of pyridine rings is 2. The Labute approximate surface area is 548 Å². The molecule has 10 aromatic carbocycles. The van der Waals surface area contributed by atoms with Gasteiger partial charge in [-0.3, -0.25) is 9.97 Å². The van der Waals surface area contributed by atoms with E-state index < -0.39 is 0 Å². The minimum absolute atomic E-state index is 0.107. The van der Waals surface area contributed by atoms with E-state index >= 15 is 0 Å². The van der Waals surface area contributed by atoms with Gasteiger partial charge in [0.25, 0.3) is 0 Å². The second-order valence-electron chi connectivity index (χ2n) is 29.1. The van der Waals surface area contributed by atoms with E-state index in [0.29, 0.717) is 0 Å². The van der Waals surface area contributed by atoms with Gasteiger partial charge in [-0.25, -0.2) is 0 Å². The smallest absolute Gasteiger partial charge is 0.0492 e. The summed E-state index contributed by atoms with van der Waals surface area (Å²) in [5.41, 5.74) is 37.5. The average Bonchev–Trinajstić information content (AvgIpc) is 1.62. The maximum Gasteiger partial charge on any atom is 0.0492 e. The Morgan fingerprint density at radius 1 is 0.215 bits per heavy atom. The Bertz CT molecular complexity index is 4860. The first-order chi connectivity index (χ1) is 44.8. The molecule has 0 unspecified atom stereocenters. The number of nitrogens with zero attached hydrogens (tertiary/aromatic N) is 4. The molecule has 12 aromatic rings. The molecule has 0 saturated heterocycles. The highest BCUT2D eigenvalue weighted by Crippen LogP contribution is 2.57. The van der Waals surface area contributed by atoms with Gasteiger partial charge in [0.05, 0.1) is 0 Å². The molecule has 0 spiro atoms. The summed E-state index contributed by atoms with van der Waals surface area (Å²) in [6.45, 7) is 23.7. The van der Waals surface area contributed by atoms with Crippen molar-refractivity contribution in [2.24, 2.45) is 0 Å². The minimum Gasteiger partial charge on any atom is -0.310 e. The second kappa shape index (κ2) is 20.3. The van der Waals surface area contributed by atoms with Crippen LogP contribution in [0.15, 0.2) is 243 Å². The lowest BCUT2D eigenvalue weighted by molar-refractivity contribution is 0.659. The maximum atomic E-state index is 4.42. The lowest BCUT2D eigenvalue weighted by atomic mass is 9.81. The highest BCUT2D eigenvalue weighted by molar-refractivity contribution is 5.93. The molecule has 4 nitrogen and oxygen atoms in total. The van der Waals surface area contributed by atoms with E-state index in [1.165, 1.54) is 134 Å². The summed E-state index contributed by atoms with van der Waals surface area (Å²) in [4.78, 5) is 13.6. The van der Waals surface area contributed by atoms with Gasteiger partial charge in [-0.15, -0.1) is 0 Å². The van der Waals surface area contributed by atoms with Crippen LogP contribution in [0.25, 0.3) is 79.9 Å². The van der Waals surface area contributed by atoms with Crippen LogP contribution in [0.4, 0.5) is 34.1 Å². The summed E-state index contributed by atoms with van der Waals surface area (Å²) >= 11 is 0. The van der Waals surface area contributed by atoms with Gasteiger partial charge >= 0.3 is 0 Å². The van der Waals surface area contributed by atoms with Crippen molar-refractivity contribution in [3.8, 4) is 55.6 Å². The van der Waals surface area contributed by atoms with Crippen molar-refractivity contribution in [1.82, 2.24) is 9.97 Å². The van der Waals surface area contributed by atoms with Crippen LogP contribution in [0.2, 0.25) is 0 Å². The first kappa shape index (κ1) is 56.6. The van der Waals surface area contributed by atoms with Crippen molar-refractivity contribution in [2.45, 2.75) is 96.3 Å². The second-order valence-corrected chi connectivity index (χ2v) is 29.1. The molecule has 17 rings (SSSR count). The molecular formula is C89H74N4. The molecule has 0 amide bonds. The first-order valence-corrected chi connectivity index (χ1v) is 33.0. The average molecular weight is 1200 g/mol. The quantitative estimate of drug-likeness (QED) is 0.128. The number of fused-ring (bicyclic) bond motifs is 15. The first-order valence-electron chi connectivity index (χ1n) is 33.0. The predicted octanol–water partition coefficient (Wildman–Crippen LogP) is 23.3. The third-order valence-electron chi connectivity index (χ3n) is 22.0. The predicted molar refractivity (Wildman–Crippen MR) is 390 cm³/mol. The molecule has 4 heteroatoms. The van der Waals surface area contributed by atoms with E-state index in [-0.39, 0.29) is 27.1 Å². The van der Waals surface area contributed by atoms with E-state index in [1.807, 2.05) is 24.8 Å². The Hall–Kier alpha value is -10.4. The summed E-state index contributed by atoms with van der Waals surface area (Å²) in [7, 11) is 0. The van der Waals surface area contributed by atoms with Crippen molar-refractivity contribution >= 4 is 58.4 Å². The number of hydrogen-bond acceptors (Lipinski definition) is 4. The number of hydrogen-bond donors (Lipinski definition) is 0. The normalized spacial score (nSPS) is 16.0. The minimum atomic E-state index is -0.217. The number of aromatic nitrogens is 2. The zero-order chi connectivity index (χ0) is 63.5. The van der Waals surface area contributed by atoms with Crippen LogP contribution in [0.1, 0.15) is 147 Å². The molecule has 0 fully saturated rings. The molecule has 0 aliphatic heterocycles. The standard InChI is InChI=1S/C89H74N4/c1-85(2)75-17-13-11-15-65(75)71-35-27-61(51-81(71)85)92(59-39-43-90-44-40-59)63-29-37-73-69-33-25-57(49-79(69)88(7,8)83(73)53-63)21-19-55-23-31-67-68-32-24-56(48-78(68)87(5,6)77(67)47-55)20-22-58-26-34-70-74-38-30-64(54-84(74)89(9,10)80(70)50-58)93(60-41-45-91-46-42-60)62-28-36-72-66-16-12-14-18-76(66)86(3,4)82(72)52-62/h11-54H,1-10H3. The largest absolute Gasteiger partial charge is 0.310 e. The molecule has 0 radical (unpaired) electrons. The molecule has 5 aliphatic carbocycles. The van der Waals surface area contributed by atoms with Crippen LogP contribution in [0.5, 0.6) is 0 Å². The van der Waals surface area contributed by atoms with Gasteiger partial charge in [-0.05, 0) is 206 Å². The van der Waals surface area contributed by atoms with Crippen molar-refractivity contribution in [1.29, 1.82) is 0 Å². The Morgan fingerprint density at radius 3 is 0.699 bits per heavy atom. The van der Waals surface area contributed by atoms with Crippen molar-refractivity contribution < 1.29 is 0 Å². The number of anilines is 6. The van der Waals surface area contributed by atoms with Gasteiger partial charge in [0.1, 0.15) is 0 Å². The van der Waals surface area contributed by atoms with Crippen molar-refractivity contribution in [3.05, 3.63) is 321 Å². The van der Waals surface area contributed by atoms with Gasteiger partial charge in [-0.2, -0.15) is 0 Å². The third kappa shape index (κ3) is 8.57. The zero-order valence-corrected chi connectivity index (χ0v) is 54.7. The topological polar surface area (TPSA) is 32.3 Å². The van der Waals surface area contributed by atoms with Crippen LogP contribution in [-0.2, 0) is 27.1 Å².